The standard InChI is InChI=1S/C55H102O14/c1-3-5-7-9-11-13-15-17-19-21-22-23-25-27-29-31-33-35-37-39-64-41-44(67-47(57)38-36-34-32-30-28-26-24-20-18-16-14-12-10-8-6-4-2)42-65-54-53(63)51(61)49(59)46(69-54)43-66-55-52(62)50(60)48(58)45(40-56)68-55/h13,15,19,21,44-46,48-56,58-63H,3-12,14,16-18,20,22-43H2,1-2H3/b15-13-,21-19-. The van der Waals surface area contributed by atoms with Crippen LogP contribution in [0.5, 0.6) is 0 Å². The number of allylic oxidation sites excluding steroid dienone is 4. The third-order valence-electron chi connectivity index (χ3n) is 13.5. The molecule has 0 amide bonds. The molecule has 406 valence electrons. The number of aliphatic hydroxyl groups excluding tert-OH is 7. The van der Waals surface area contributed by atoms with Crippen molar-refractivity contribution in [2.75, 3.05) is 33.0 Å². The molecule has 0 saturated carbocycles. The Kier molecular flexibility index (Phi) is 39.6. The maximum absolute atomic E-state index is 13.0. The van der Waals surface area contributed by atoms with E-state index >= 15 is 0 Å². The largest absolute Gasteiger partial charge is 0.457 e. The summed E-state index contributed by atoms with van der Waals surface area (Å²) in [6.07, 6.45) is 30.9. The molecule has 11 unspecified atom stereocenters. The van der Waals surface area contributed by atoms with Crippen LogP contribution >= 0.6 is 0 Å². The van der Waals surface area contributed by atoms with Crippen LogP contribution in [0.3, 0.4) is 0 Å². The van der Waals surface area contributed by atoms with E-state index in [1.165, 1.54) is 141 Å². The molecular weight excluding hydrogens is 885 g/mol. The molecule has 0 aromatic heterocycles. The Balaban J connectivity index is 1.73. The van der Waals surface area contributed by atoms with Crippen LogP contribution in [-0.2, 0) is 33.2 Å². The first-order valence-corrected chi connectivity index (χ1v) is 27.9. The molecule has 2 fully saturated rings. The smallest absolute Gasteiger partial charge is 0.306 e. The molecule has 0 spiro atoms. The maximum atomic E-state index is 13.0. The predicted molar refractivity (Wildman–Crippen MR) is 270 cm³/mol. The first-order chi connectivity index (χ1) is 33.6. The highest BCUT2D eigenvalue weighted by molar-refractivity contribution is 5.69. The van der Waals surface area contributed by atoms with Crippen molar-refractivity contribution >= 4 is 5.97 Å². The van der Waals surface area contributed by atoms with Crippen molar-refractivity contribution < 1.29 is 69.0 Å². The molecule has 11 atom stereocenters. The fourth-order valence-corrected chi connectivity index (χ4v) is 8.90. The van der Waals surface area contributed by atoms with Gasteiger partial charge in [-0.25, -0.2) is 0 Å². The Morgan fingerprint density at radius 2 is 0.899 bits per heavy atom. The van der Waals surface area contributed by atoms with Crippen molar-refractivity contribution in [1.29, 1.82) is 0 Å². The van der Waals surface area contributed by atoms with Gasteiger partial charge in [0.25, 0.3) is 0 Å². The second-order valence-electron chi connectivity index (χ2n) is 19.8. The van der Waals surface area contributed by atoms with E-state index in [9.17, 15) is 40.5 Å². The van der Waals surface area contributed by atoms with Gasteiger partial charge in [-0.2, -0.15) is 0 Å². The predicted octanol–water partition coefficient (Wildman–Crippen LogP) is 9.19. The van der Waals surface area contributed by atoms with Gasteiger partial charge < -0.3 is 64.2 Å². The number of aliphatic hydroxyl groups is 7. The van der Waals surface area contributed by atoms with Crippen molar-refractivity contribution in [3.63, 3.8) is 0 Å². The Morgan fingerprint density at radius 3 is 1.41 bits per heavy atom. The van der Waals surface area contributed by atoms with Crippen LogP contribution in [0.2, 0.25) is 0 Å². The van der Waals surface area contributed by atoms with E-state index in [1.54, 1.807) is 0 Å². The van der Waals surface area contributed by atoms with Crippen LogP contribution < -0.4 is 0 Å². The second-order valence-corrected chi connectivity index (χ2v) is 19.8. The normalized spacial score (nSPS) is 25.8. The molecule has 0 aromatic rings. The number of carbonyl (C=O) groups excluding carboxylic acids is 1. The summed E-state index contributed by atoms with van der Waals surface area (Å²) in [5.74, 6) is -0.374. The Morgan fingerprint density at radius 1 is 0.478 bits per heavy atom. The van der Waals surface area contributed by atoms with Crippen LogP contribution in [0.15, 0.2) is 24.3 Å². The lowest BCUT2D eigenvalue weighted by Crippen LogP contribution is -2.61. The summed E-state index contributed by atoms with van der Waals surface area (Å²) < 4.78 is 34.4. The van der Waals surface area contributed by atoms with Gasteiger partial charge in [0.2, 0.25) is 0 Å². The van der Waals surface area contributed by atoms with Gasteiger partial charge >= 0.3 is 5.97 Å². The summed E-state index contributed by atoms with van der Waals surface area (Å²) in [5, 5.41) is 72.2. The van der Waals surface area contributed by atoms with Crippen molar-refractivity contribution in [3.05, 3.63) is 24.3 Å². The maximum Gasteiger partial charge on any atom is 0.306 e. The quantitative estimate of drug-likeness (QED) is 0.0172. The molecule has 14 heteroatoms. The lowest BCUT2D eigenvalue weighted by atomic mass is 9.98. The molecule has 2 aliphatic rings. The van der Waals surface area contributed by atoms with Gasteiger partial charge in [0.1, 0.15) is 54.9 Å². The highest BCUT2D eigenvalue weighted by Crippen LogP contribution is 2.27. The number of hydrogen-bond donors (Lipinski definition) is 7. The van der Waals surface area contributed by atoms with Crippen molar-refractivity contribution in [2.45, 2.75) is 287 Å². The number of hydrogen-bond acceptors (Lipinski definition) is 14. The minimum Gasteiger partial charge on any atom is -0.457 e. The van der Waals surface area contributed by atoms with E-state index in [-0.39, 0.29) is 25.6 Å². The molecule has 2 aliphatic heterocycles. The molecule has 0 radical (unpaired) electrons. The van der Waals surface area contributed by atoms with Gasteiger partial charge in [0, 0.05) is 13.0 Å². The van der Waals surface area contributed by atoms with Crippen LogP contribution in [0, 0.1) is 0 Å². The highest BCUT2D eigenvalue weighted by Gasteiger charge is 2.47. The van der Waals surface area contributed by atoms with Crippen LogP contribution in [0.4, 0.5) is 0 Å². The third kappa shape index (κ3) is 30.3. The van der Waals surface area contributed by atoms with Gasteiger partial charge in [-0.1, -0.05) is 192 Å². The zero-order valence-corrected chi connectivity index (χ0v) is 43.3. The number of unbranched alkanes of at least 4 members (excludes halogenated alkanes) is 27. The van der Waals surface area contributed by atoms with E-state index in [0.29, 0.717) is 13.0 Å². The zero-order chi connectivity index (χ0) is 50.2. The average molecular weight is 987 g/mol. The topological polar surface area (TPSA) is 214 Å². The minimum atomic E-state index is -1.70. The molecule has 0 bridgehead atoms. The van der Waals surface area contributed by atoms with E-state index in [4.69, 9.17) is 28.4 Å². The van der Waals surface area contributed by atoms with Crippen molar-refractivity contribution in [3.8, 4) is 0 Å². The van der Waals surface area contributed by atoms with Crippen LogP contribution in [0.25, 0.3) is 0 Å². The fourth-order valence-electron chi connectivity index (χ4n) is 8.90. The molecular formula is C55H102O14. The molecule has 69 heavy (non-hydrogen) atoms. The summed E-state index contributed by atoms with van der Waals surface area (Å²) in [6.45, 7) is 3.69. The number of ether oxygens (including phenoxy) is 6. The molecule has 2 rings (SSSR count). The highest BCUT2D eigenvalue weighted by atomic mass is 16.7. The zero-order valence-electron chi connectivity index (χ0n) is 43.3. The Labute approximate surface area is 417 Å². The van der Waals surface area contributed by atoms with Crippen LogP contribution in [-0.4, -0.2) is 142 Å². The Hall–Kier alpha value is -1.53. The summed E-state index contributed by atoms with van der Waals surface area (Å²) in [5.41, 5.74) is 0. The van der Waals surface area contributed by atoms with Gasteiger partial charge in [-0.15, -0.1) is 0 Å². The molecule has 2 heterocycles. The first kappa shape index (κ1) is 63.6. The fraction of sp³-hybridized carbons (Fsp3) is 0.909. The molecule has 7 N–H and O–H groups in total. The molecule has 2 saturated heterocycles. The number of rotatable bonds is 45. The summed E-state index contributed by atoms with van der Waals surface area (Å²) in [4.78, 5) is 13.0. The van der Waals surface area contributed by atoms with Gasteiger partial charge in [0.15, 0.2) is 12.6 Å². The lowest BCUT2D eigenvalue weighted by Gasteiger charge is -2.42. The number of esters is 1. The molecule has 14 nitrogen and oxygen atoms in total. The van der Waals surface area contributed by atoms with E-state index in [2.05, 4.69) is 38.2 Å². The second kappa shape index (κ2) is 42.9. The van der Waals surface area contributed by atoms with Crippen molar-refractivity contribution in [2.24, 2.45) is 0 Å². The third-order valence-corrected chi connectivity index (χ3v) is 13.5. The van der Waals surface area contributed by atoms with Gasteiger partial charge in [-0.3, -0.25) is 4.79 Å². The number of carbonyl (C=O) groups is 1. The summed E-state index contributed by atoms with van der Waals surface area (Å²) >= 11 is 0. The molecule has 0 aromatic carbocycles. The summed E-state index contributed by atoms with van der Waals surface area (Å²) in [7, 11) is 0. The van der Waals surface area contributed by atoms with E-state index < -0.39 is 80.7 Å². The van der Waals surface area contributed by atoms with E-state index in [0.717, 1.165) is 51.4 Å². The van der Waals surface area contributed by atoms with Crippen molar-refractivity contribution in [1.82, 2.24) is 0 Å². The lowest BCUT2D eigenvalue weighted by molar-refractivity contribution is -0.332. The monoisotopic (exact) mass is 987 g/mol. The minimum absolute atomic E-state index is 0.0616. The molecule has 0 aliphatic carbocycles. The Bertz CT molecular complexity index is 1240. The van der Waals surface area contributed by atoms with Gasteiger partial charge in [0.05, 0.1) is 26.4 Å². The first-order valence-electron chi connectivity index (χ1n) is 27.9. The average Bonchev–Trinajstić information content (AvgIpc) is 3.35. The van der Waals surface area contributed by atoms with Crippen LogP contribution in [0.1, 0.15) is 219 Å². The summed E-state index contributed by atoms with van der Waals surface area (Å²) in [6, 6.07) is 0. The SMILES string of the molecule is CCCCCC/C=C\C/C=C\CCCCCCCCCCOCC(COC1OC(COC2OC(CO)C(O)C(O)C2O)C(O)C(O)C1O)OC(=O)CCCCCCCCCCCCCCCCCC. The van der Waals surface area contributed by atoms with Gasteiger partial charge in [-0.05, 0) is 44.9 Å². The van der Waals surface area contributed by atoms with E-state index in [1.807, 2.05) is 0 Å².